The summed E-state index contributed by atoms with van der Waals surface area (Å²) in [5, 5.41) is 0. The number of para-hydroxylation sites is 1. The van der Waals surface area contributed by atoms with Crippen molar-refractivity contribution in [1.29, 1.82) is 0 Å². The van der Waals surface area contributed by atoms with E-state index in [1.54, 1.807) is 28.4 Å². The minimum Gasteiger partial charge on any atom is -0.493 e. The van der Waals surface area contributed by atoms with Gasteiger partial charge in [0.05, 0.1) is 39.7 Å². The van der Waals surface area contributed by atoms with E-state index in [-0.39, 0.29) is 0 Å². The maximum Gasteiger partial charge on any atom is 0.230 e. The van der Waals surface area contributed by atoms with E-state index in [4.69, 9.17) is 28.3 Å². The fourth-order valence-electron chi connectivity index (χ4n) is 3.35. The monoisotopic (exact) mass is 412 g/mol. The van der Waals surface area contributed by atoms with Crippen LogP contribution in [0, 0.1) is 6.92 Å². The third-order valence-electron chi connectivity index (χ3n) is 4.85. The molecule has 1 aromatic heterocycles. The van der Waals surface area contributed by atoms with Crippen LogP contribution in [0.2, 0.25) is 0 Å². The minimum absolute atomic E-state index is 0.512. The van der Waals surface area contributed by atoms with Gasteiger partial charge in [0.2, 0.25) is 5.89 Å². The summed E-state index contributed by atoms with van der Waals surface area (Å²) in [7, 11) is 8.52. The van der Waals surface area contributed by atoms with Gasteiger partial charge in [-0.25, -0.2) is 4.98 Å². The Hall–Kier alpha value is -3.19. The van der Waals surface area contributed by atoms with E-state index in [1.807, 2.05) is 50.4 Å². The molecule has 0 fully saturated rings. The van der Waals surface area contributed by atoms with E-state index in [9.17, 15) is 0 Å². The molecule has 3 aromatic rings. The average Bonchev–Trinajstić information content (AvgIpc) is 3.12. The molecular weight excluding hydrogens is 384 g/mol. The molecular formula is C23H28N2O5. The Morgan fingerprint density at radius 1 is 0.867 bits per heavy atom. The first kappa shape index (κ1) is 21.5. The van der Waals surface area contributed by atoms with E-state index in [0.29, 0.717) is 35.4 Å². The highest BCUT2D eigenvalue weighted by molar-refractivity contribution is 5.68. The summed E-state index contributed by atoms with van der Waals surface area (Å²) in [6, 6.07) is 11.6. The topological polar surface area (TPSA) is 66.2 Å². The zero-order valence-electron chi connectivity index (χ0n) is 18.3. The molecule has 0 amide bonds. The molecule has 0 aliphatic carbocycles. The van der Waals surface area contributed by atoms with E-state index < -0.39 is 0 Å². The quantitative estimate of drug-likeness (QED) is 0.519. The Balaban J connectivity index is 1.78. The molecule has 0 spiro atoms. The van der Waals surface area contributed by atoms with Crippen molar-refractivity contribution in [2.24, 2.45) is 0 Å². The molecule has 0 saturated carbocycles. The summed E-state index contributed by atoms with van der Waals surface area (Å²) in [5.74, 6) is 3.96. The van der Waals surface area contributed by atoms with Crippen molar-refractivity contribution in [1.82, 2.24) is 9.88 Å². The van der Waals surface area contributed by atoms with Crippen LogP contribution in [0.4, 0.5) is 0 Å². The molecule has 0 atom stereocenters. The molecule has 0 unspecified atom stereocenters. The Labute approximate surface area is 177 Å². The van der Waals surface area contributed by atoms with Gasteiger partial charge >= 0.3 is 0 Å². The molecule has 0 bridgehead atoms. The van der Waals surface area contributed by atoms with Crippen molar-refractivity contribution < 1.29 is 23.4 Å². The number of hydrogen-bond donors (Lipinski definition) is 0. The standard InChI is InChI=1S/C23H28N2O5/c1-15-18(14-25(2)13-16-10-11-19(26-3)21(12-16)28-5)24-23(30-15)17-8-7-9-20(27-4)22(17)29-6/h7-12H,13-14H2,1-6H3. The largest absolute Gasteiger partial charge is 0.493 e. The summed E-state index contributed by atoms with van der Waals surface area (Å²) < 4.78 is 27.5. The van der Waals surface area contributed by atoms with Crippen LogP contribution in [0.3, 0.4) is 0 Å². The number of benzene rings is 2. The van der Waals surface area contributed by atoms with Crippen LogP contribution in [0.5, 0.6) is 23.0 Å². The fraction of sp³-hybridized carbons (Fsp3) is 0.348. The Morgan fingerprint density at radius 3 is 2.27 bits per heavy atom. The van der Waals surface area contributed by atoms with Gasteiger partial charge in [0.25, 0.3) is 0 Å². The summed E-state index contributed by atoms with van der Waals surface area (Å²) >= 11 is 0. The van der Waals surface area contributed by atoms with Crippen LogP contribution in [0.15, 0.2) is 40.8 Å². The van der Waals surface area contributed by atoms with E-state index in [1.165, 1.54) is 0 Å². The lowest BCUT2D eigenvalue weighted by molar-refractivity contribution is 0.311. The lowest BCUT2D eigenvalue weighted by Gasteiger charge is -2.17. The first-order valence-electron chi connectivity index (χ1n) is 9.57. The Bertz CT molecular complexity index is 999. The number of nitrogens with zero attached hydrogens (tertiary/aromatic N) is 2. The van der Waals surface area contributed by atoms with Crippen molar-refractivity contribution in [2.45, 2.75) is 20.0 Å². The molecule has 7 heteroatoms. The third kappa shape index (κ3) is 4.52. The van der Waals surface area contributed by atoms with Gasteiger partial charge in [-0.1, -0.05) is 12.1 Å². The predicted molar refractivity (Wildman–Crippen MR) is 114 cm³/mol. The first-order chi connectivity index (χ1) is 14.5. The summed E-state index contributed by atoms with van der Waals surface area (Å²) in [6.45, 7) is 3.28. The number of aryl methyl sites for hydroxylation is 1. The first-order valence-corrected chi connectivity index (χ1v) is 9.57. The zero-order valence-corrected chi connectivity index (χ0v) is 18.3. The van der Waals surface area contributed by atoms with Crippen molar-refractivity contribution in [2.75, 3.05) is 35.5 Å². The minimum atomic E-state index is 0.512. The lowest BCUT2D eigenvalue weighted by Crippen LogP contribution is -2.18. The van der Waals surface area contributed by atoms with Crippen molar-refractivity contribution in [3.8, 4) is 34.5 Å². The van der Waals surface area contributed by atoms with Gasteiger partial charge in [-0.2, -0.15) is 0 Å². The van der Waals surface area contributed by atoms with Crippen molar-refractivity contribution in [3.63, 3.8) is 0 Å². The van der Waals surface area contributed by atoms with E-state index in [2.05, 4.69) is 4.90 Å². The molecule has 2 aromatic carbocycles. The van der Waals surface area contributed by atoms with Crippen LogP contribution in [0.25, 0.3) is 11.5 Å². The van der Waals surface area contributed by atoms with Crippen molar-refractivity contribution in [3.05, 3.63) is 53.4 Å². The maximum absolute atomic E-state index is 5.95. The number of ether oxygens (including phenoxy) is 4. The van der Waals surface area contributed by atoms with Gasteiger partial charge in [-0.05, 0) is 43.8 Å². The molecule has 0 aliphatic heterocycles. The maximum atomic E-state index is 5.95. The molecule has 0 N–H and O–H groups in total. The van der Waals surface area contributed by atoms with Crippen LogP contribution in [-0.2, 0) is 13.1 Å². The number of oxazole rings is 1. The van der Waals surface area contributed by atoms with Gasteiger partial charge in [-0.3, -0.25) is 4.90 Å². The summed E-state index contributed by atoms with van der Waals surface area (Å²) in [4.78, 5) is 6.88. The number of hydrogen-bond acceptors (Lipinski definition) is 7. The second kappa shape index (κ2) is 9.54. The van der Waals surface area contributed by atoms with Gasteiger partial charge in [-0.15, -0.1) is 0 Å². The molecule has 1 heterocycles. The highest BCUT2D eigenvalue weighted by atomic mass is 16.5. The molecule has 30 heavy (non-hydrogen) atoms. The average molecular weight is 412 g/mol. The number of aromatic nitrogens is 1. The van der Waals surface area contributed by atoms with Crippen LogP contribution in [0.1, 0.15) is 17.0 Å². The van der Waals surface area contributed by atoms with E-state index in [0.717, 1.165) is 29.1 Å². The Kier molecular flexibility index (Phi) is 6.84. The highest BCUT2D eigenvalue weighted by Gasteiger charge is 2.19. The van der Waals surface area contributed by atoms with E-state index >= 15 is 0 Å². The summed E-state index contributed by atoms with van der Waals surface area (Å²) in [5.41, 5.74) is 2.75. The number of rotatable bonds is 9. The molecule has 0 aliphatic rings. The molecule has 160 valence electrons. The van der Waals surface area contributed by atoms with Gasteiger partial charge in [0.1, 0.15) is 5.76 Å². The van der Waals surface area contributed by atoms with Gasteiger partial charge < -0.3 is 23.4 Å². The second-order valence-electron chi connectivity index (χ2n) is 6.92. The molecule has 3 rings (SSSR count). The summed E-state index contributed by atoms with van der Waals surface area (Å²) in [6.07, 6.45) is 0. The second-order valence-corrected chi connectivity index (χ2v) is 6.92. The van der Waals surface area contributed by atoms with Gasteiger partial charge in [0, 0.05) is 13.1 Å². The normalized spacial score (nSPS) is 10.9. The molecule has 0 radical (unpaired) electrons. The third-order valence-corrected chi connectivity index (χ3v) is 4.85. The smallest absolute Gasteiger partial charge is 0.230 e. The lowest BCUT2D eigenvalue weighted by atomic mass is 10.2. The Morgan fingerprint density at radius 2 is 1.60 bits per heavy atom. The molecule has 0 saturated heterocycles. The fourth-order valence-corrected chi connectivity index (χ4v) is 3.35. The van der Waals surface area contributed by atoms with Crippen LogP contribution < -0.4 is 18.9 Å². The highest BCUT2D eigenvalue weighted by Crippen LogP contribution is 2.38. The van der Waals surface area contributed by atoms with Crippen LogP contribution >= 0.6 is 0 Å². The zero-order chi connectivity index (χ0) is 21.7. The van der Waals surface area contributed by atoms with Crippen LogP contribution in [-0.4, -0.2) is 45.4 Å². The van der Waals surface area contributed by atoms with Gasteiger partial charge in [0.15, 0.2) is 23.0 Å². The number of methoxy groups -OCH3 is 4. The predicted octanol–water partition coefficient (Wildman–Crippen LogP) is 4.32. The molecule has 7 nitrogen and oxygen atoms in total. The van der Waals surface area contributed by atoms with Crippen molar-refractivity contribution >= 4 is 0 Å². The SMILES string of the molecule is COc1ccc(CN(C)Cc2nc(-c3cccc(OC)c3OC)oc2C)cc1OC.